The molecule has 2 rings (SSSR count). The van der Waals surface area contributed by atoms with Crippen molar-refractivity contribution in [3.05, 3.63) is 43.2 Å². The van der Waals surface area contributed by atoms with Crippen LogP contribution in [0.4, 0.5) is 0 Å². The molecule has 0 aliphatic heterocycles. The van der Waals surface area contributed by atoms with E-state index in [9.17, 15) is 0 Å². The highest BCUT2D eigenvalue weighted by Crippen LogP contribution is 2.29. The van der Waals surface area contributed by atoms with Gasteiger partial charge in [0.15, 0.2) is 0 Å². The average Bonchev–Trinajstić information content (AvgIpc) is 2.90. The van der Waals surface area contributed by atoms with Crippen LogP contribution in [0.2, 0.25) is 0 Å². The van der Waals surface area contributed by atoms with E-state index in [1.165, 1.54) is 11.3 Å². The molecule has 16 heavy (non-hydrogen) atoms. The predicted molar refractivity (Wildman–Crippen MR) is 73.0 cm³/mol. The first kappa shape index (κ1) is 11.4. The standard InChI is InChI=1S/C11H7BrN2S2/c12-10-4-7(6-16-10)11(14)8(5-13)9-2-1-3-15-9/h1-4,6H,14H2/b11-8-. The Balaban J connectivity index is 2.51. The molecule has 0 saturated heterocycles. The molecule has 0 spiro atoms. The van der Waals surface area contributed by atoms with Gasteiger partial charge in [-0.2, -0.15) is 5.26 Å². The first-order chi connectivity index (χ1) is 7.72. The van der Waals surface area contributed by atoms with E-state index in [2.05, 4.69) is 22.0 Å². The van der Waals surface area contributed by atoms with Crippen molar-refractivity contribution < 1.29 is 0 Å². The minimum Gasteiger partial charge on any atom is -0.397 e. The molecule has 2 nitrogen and oxygen atoms in total. The largest absolute Gasteiger partial charge is 0.397 e. The van der Waals surface area contributed by atoms with Crippen molar-refractivity contribution in [1.29, 1.82) is 5.26 Å². The third-order valence-corrected chi connectivity index (χ3v) is 4.42. The second-order valence-electron chi connectivity index (χ2n) is 3.02. The first-order valence-electron chi connectivity index (χ1n) is 4.40. The normalized spacial score (nSPS) is 12.0. The molecule has 0 atom stereocenters. The molecule has 0 aliphatic rings. The number of allylic oxidation sites excluding steroid dienone is 1. The Morgan fingerprint density at radius 3 is 2.75 bits per heavy atom. The maximum atomic E-state index is 9.15. The van der Waals surface area contributed by atoms with Gasteiger partial charge in [-0.15, -0.1) is 22.7 Å². The fraction of sp³-hybridized carbons (Fsp3) is 0. The number of hydrogen-bond donors (Lipinski definition) is 1. The lowest BCUT2D eigenvalue weighted by molar-refractivity contribution is 1.51. The molecule has 2 aromatic rings. The number of thiophene rings is 2. The molecule has 2 heterocycles. The summed E-state index contributed by atoms with van der Waals surface area (Å²) in [5, 5.41) is 13.0. The molecular formula is C11H7BrN2S2. The van der Waals surface area contributed by atoms with Crippen LogP contribution in [0.1, 0.15) is 10.4 Å². The van der Waals surface area contributed by atoms with Gasteiger partial charge in [0, 0.05) is 15.8 Å². The number of nitrogens with zero attached hydrogens (tertiary/aromatic N) is 1. The van der Waals surface area contributed by atoms with Gasteiger partial charge in [-0.1, -0.05) is 6.07 Å². The molecule has 5 heteroatoms. The molecule has 0 aromatic carbocycles. The SMILES string of the molecule is N#C/C(=C(/N)c1csc(Br)c1)c1cccs1. The predicted octanol–water partition coefficient (Wildman–Crippen LogP) is 3.92. The van der Waals surface area contributed by atoms with E-state index >= 15 is 0 Å². The summed E-state index contributed by atoms with van der Waals surface area (Å²) in [5.41, 5.74) is 7.97. The molecule has 80 valence electrons. The third-order valence-electron chi connectivity index (χ3n) is 2.03. The van der Waals surface area contributed by atoms with Gasteiger partial charge in [0.05, 0.1) is 15.1 Å². The Morgan fingerprint density at radius 1 is 1.44 bits per heavy atom. The van der Waals surface area contributed by atoms with Crippen LogP contribution in [0.3, 0.4) is 0 Å². The zero-order valence-corrected chi connectivity index (χ0v) is 11.3. The Bertz CT molecular complexity index is 561. The topological polar surface area (TPSA) is 49.8 Å². The van der Waals surface area contributed by atoms with Gasteiger partial charge in [-0.3, -0.25) is 0 Å². The van der Waals surface area contributed by atoms with E-state index in [1.54, 1.807) is 11.3 Å². The number of halogens is 1. The van der Waals surface area contributed by atoms with E-state index < -0.39 is 0 Å². The van der Waals surface area contributed by atoms with Crippen LogP contribution in [0.5, 0.6) is 0 Å². The number of nitrogens with two attached hydrogens (primary N) is 1. The molecule has 2 aromatic heterocycles. The smallest absolute Gasteiger partial charge is 0.103 e. The summed E-state index contributed by atoms with van der Waals surface area (Å²) in [4.78, 5) is 0.905. The molecule has 0 fully saturated rings. The van der Waals surface area contributed by atoms with Crippen LogP contribution in [0.15, 0.2) is 32.7 Å². The van der Waals surface area contributed by atoms with Crippen LogP contribution >= 0.6 is 38.6 Å². The van der Waals surface area contributed by atoms with E-state index in [4.69, 9.17) is 11.0 Å². The average molecular weight is 311 g/mol. The van der Waals surface area contributed by atoms with Crippen molar-refractivity contribution in [2.45, 2.75) is 0 Å². The van der Waals surface area contributed by atoms with E-state index in [0.717, 1.165) is 14.2 Å². The Kier molecular flexibility index (Phi) is 3.44. The van der Waals surface area contributed by atoms with Crippen molar-refractivity contribution in [3.63, 3.8) is 0 Å². The molecule has 0 radical (unpaired) electrons. The molecule has 0 aliphatic carbocycles. The third kappa shape index (κ3) is 2.19. The van der Waals surface area contributed by atoms with Crippen LogP contribution < -0.4 is 5.73 Å². The lowest BCUT2D eigenvalue weighted by Gasteiger charge is -2.00. The summed E-state index contributed by atoms with van der Waals surface area (Å²) >= 11 is 6.45. The van der Waals surface area contributed by atoms with E-state index in [1.807, 2.05) is 29.0 Å². The molecule has 0 unspecified atom stereocenters. The van der Waals surface area contributed by atoms with Gasteiger partial charge in [0.25, 0.3) is 0 Å². The van der Waals surface area contributed by atoms with Gasteiger partial charge < -0.3 is 5.73 Å². The zero-order chi connectivity index (χ0) is 11.5. The summed E-state index contributed by atoms with van der Waals surface area (Å²) in [6.07, 6.45) is 0. The van der Waals surface area contributed by atoms with Crippen LogP contribution in [-0.2, 0) is 0 Å². The summed E-state index contributed by atoms with van der Waals surface area (Å²) in [7, 11) is 0. The Morgan fingerprint density at radius 2 is 2.25 bits per heavy atom. The number of hydrogen-bond acceptors (Lipinski definition) is 4. The molecule has 0 bridgehead atoms. The van der Waals surface area contributed by atoms with Gasteiger partial charge >= 0.3 is 0 Å². The highest BCUT2D eigenvalue weighted by atomic mass is 79.9. The number of rotatable bonds is 2. The number of nitriles is 1. The molecule has 2 N–H and O–H groups in total. The van der Waals surface area contributed by atoms with Crippen molar-refractivity contribution >= 4 is 49.9 Å². The fourth-order valence-corrected chi connectivity index (χ4v) is 3.16. The van der Waals surface area contributed by atoms with Gasteiger partial charge in [0.2, 0.25) is 0 Å². The van der Waals surface area contributed by atoms with Crippen LogP contribution in [0.25, 0.3) is 11.3 Å². The minimum absolute atomic E-state index is 0.534. The van der Waals surface area contributed by atoms with Gasteiger partial charge in [0.1, 0.15) is 6.07 Å². The van der Waals surface area contributed by atoms with Crippen LogP contribution in [-0.4, -0.2) is 0 Å². The summed E-state index contributed by atoms with van der Waals surface area (Å²) in [6, 6.07) is 7.90. The summed E-state index contributed by atoms with van der Waals surface area (Å²) in [5.74, 6) is 0. The zero-order valence-electron chi connectivity index (χ0n) is 8.11. The molecule has 0 amide bonds. The highest BCUT2D eigenvalue weighted by molar-refractivity contribution is 9.11. The maximum Gasteiger partial charge on any atom is 0.103 e. The highest BCUT2D eigenvalue weighted by Gasteiger charge is 2.10. The fourth-order valence-electron chi connectivity index (χ4n) is 1.26. The lowest BCUT2D eigenvalue weighted by Crippen LogP contribution is -1.98. The van der Waals surface area contributed by atoms with Crippen molar-refractivity contribution in [3.8, 4) is 6.07 Å². The quantitative estimate of drug-likeness (QED) is 0.855. The summed E-state index contributed by atoms with van der Waals surface area (Å²) in [6.45, 7) is 0. The Labute approximate surface area is 110 Å². The molecular weight excluding hydrogens is 304 g/mol. The first-order valence-corrected chi connectivity index (χ1v) is 6.95. The van der Waals surface area contributed by atoms with E-state index in [-0.39, 0.29) is 0 Å². The monoisotopic (exact) mass is 310 g/mol. The van der Waals surface area contributed by atoms with Gasteiger partial charge in [-0.05, 0) is 33.4 Å². The molecule has 0 saturated carbocycles. The van der Waals surface area contributed by atoms with Crippen molar-refractivity contribution in [2.24, 2.45) is 5.73 Å². The van der Waals surface area contributed by atoms with Crippen molar-refractivity contribution in [2.75, 3.05) is 0 Å². The second-order valence-corrected chi connectivity index (χ2v) is 6.26. The lowest BCUT2D eigenvalue weighted by atomic mass is 10.1. The van der Waals surface area contributed by atoms with Crippen molar-refractivity contribution in [1.82, 2.24) is 0 Å². The van der Waals surface area contributed by atoms with Gasteiger partial charge in [-0.25, -0.2) is 0 Å². The maximum absolute atomic E-state index is 9.15. The van der Waals surface area contributed by atoms with E-state index in [0.29, 0.717) is 11.3 Å². The van der Waals surface area contributed by atoms with Crippen LogP contribution in [0, 0.1) is 11.3 Å². The summed E-state index contributed by atoms with van der Waals surface area (Å²) < 4.78 is 1.01. The Hall–Kier alpha value is -1.09. The second kappa shape index (κ2) is 4.83. The minimum atomic E-state index is 0.534.